The molecule has 0 spiro atoms. The summed E-state index contributed by atoms with van der Waals surface area (Å²) in [6.07, 6.45) is 3.82. The maximum atomic E-state index is 11.1. The van der Waals surface area contributed by atoms with E-state index in [9.17, 15) is 10.1 Å². The van der Waals surface area contributed by atoms with Gasteiger partial charge in [-0.05, 0) is 24.6 Å². The molecule has 0 aliphatic heterocycles. The number of rotatable bonds is 3. The molecule has 0 aliphatic carbocycles. The van der Waals surface area contributed by atoms with Crippen molar-refractivity contribution in [3.8, 4) is 0 Å². The summed E-state index contributed by atoms with van der Waals surface area (Å²) in [5, 5.41) is 11.9. The van der Waals surface area contributed by atoms with Gasteiger partial charge in [0, 0.05) is 11.5 Å². The minimum absolute atomic E-state index is 0.0308. The minimum Gasteiger partial charge on any atom is -0.258 e. The van der Waals surface area contributed by atoms with Crippen molar-refractivity contribution in [1.29, 1.82) is 0 Å². The van der Waals surface area contributed by atoms with E-state index in [1.165, 1.54) is 11.6 Å². The van der Waals surface area contributed by atoms with Gasteiger partial charge in [0.2, 0.25) is 0 Å². The van der Waals surface area contributed by atoms with Crippen LogP contribution in [0.15, 0.2) is 54.6 Å². The molecule has 0 N–H and O–H groups in total. The summed E-state index contributed by atoms with van der Waals surface area (Å²) < 4.78 is 0. The predicted octanol–water partition coefficient (Wildman–Crippen LogP) is 4.62. The topological polar surface area (TPSA) is 56.0 Å². The van der Waals surface area contributed by atoms with Crippen LogP contribution in [-0.4, -0.2) is 9.91 Å². The molecular weight excluding hydrogens is 276 g/mol. The van der Waals surface area contributed by atoms with Gasteiger partial charge in [-0.15, -0.1) is 0 Å². The molecule has 3 aromatic rings. The quantitative estimate of drug-likeness (QED) is 0.522. The van der Waals surface area contributed by atoms with E-state index in [0.29, 0.717) is 11.2 Å². The average molecular weight is 290 g/mol. The summed E-state index contributed by atoms with van der Waals surface area (Å²) in [6.45, 7) is 2.04. The van der Waals surface area contributed by atoms with Gasteiger partial charge in [-0.3, -0.25) is 10.1 Å². The van der Waals surface area contributed by atoms with Crippen LogP contribution in [0, 0.1) is 17.0 Å². The molecule has 4 heteroatoms. The number of nitrogens with zero attached hydrogens (tertiary/aromatic N) is 2. The largest absolute Gasteiger partial charge is 0.295 e. The second-order valence-corrected chi connectivity index (χ2v) is 5.09. The van der Waals surface area contributed by atoms with Crippen molar-refractivity contribution in [2.75, 3.05) is 0 Å². The fourth-order valence-electron chi connectivity index (χ4n) is 2.34. The lowest BCUT2D eigenvalue weighted by Crippen LogP contribution is -1.92. The van der Waals surface area contributed by atoms with Crippen molar-refractivity contribution in [3.63, 3.8) is 0 Å². The highest BCUT2D eigenvalue weighted by Gasteiger charge is 2.12. The van der Waals surface area contributed by atoms with Gasteiger partial charge in [-0.1, -0.05) is 54.1 Å². The lowest BCUT2D eigenvalue weighted by Gasteiger charge is -2.00. The molecule has 108 valence electrons. The number of hydrogen-bond donors (Lipinski definition) is 0. The van der Waals surface area contributed by atoms with Crippen LogP contribution in [0.2, 0.25) is 0 Å². The van der Waals surface area contributed by atoms with Gasteiger partial charge in [0.05, 0.1) is 10.6 Å². The Kier molecular flexibility index (Phi) is 3.66. The molecule has 0 atom stereocenters. The average Bonchev–Trinajstić information content (AvgIpc) is 2.52. The lowest BCUT2D eigenvalue weighted by molar-refractivity contribution is -0.383. The van der Waals surface area contributed by atoms with E-state index < -0.39 is 4.92 Å². The summed E-state index contributed by atoms with van der Waals surface area (Å²) in [4.78, 5) is 15.1. The van der Waals surface area contributed by atoms with Gasteiger partial charge >= 0.3 is 0 Å². The van der Waals surface area contributed by atoms with Crippen LogP contribution >= 0.6 is 0 Å². The minimum atomic E-state index is -0.399. The van der Waals surface area contributed by atoms with E-state index in [1.54, 1.807) is 6.07 Å². The van der Waals surface area contributed by atoms with Gasteiger partial charge in [0.25, 0.3) is 5.69 Å². The summed E-state index contributed by atoms with van der Waals surface area (Å²) in [5.41, 5.74) is 3.40. The first-order chi connectivity index (χ1) is 10.6. The van der Waals surface area contributed by atoms with Crippen molar-refractivity contribution < 1.29 is 4.92 Å². The van der Waals surface area contributed by atoms with Crippen molar-refractivity contribution in [2.45, 2.75) is 6.92 Å². The van der Waals surface area contributed by atoms with Gasteiger partial charge < -0.3 is 0 Å². The molecule has 0 radical (unpaired) electrons. The normalized spacial score (nSPS) is 11.1. The van der Waals surface area contributed by atoms with Crippen molar-refractivity contribution in [2.24, 2.45) is 0 Å². The zero-order chi connectivity index (χ0) is 15.5. The molecule has 0 fully saturated rings. The van der Waals surface area contributed by atoms with Crippen molar-refractivity contribution >= 4 is 28.7 Å². The Hall–Kier alpha value is -3.01. The van der Waals surface area contributed by atoms with E-state index in [4.69, 9.17) is 0 Å². The third kappa shape index (κ3) is 2.86. The maximum Gasteiger partial charge on any atom is 0.295 e. The second-order valence-electron chi connectivity index (χ2n) is 5.09. The summed E-state index contributed by atoms with van der Waals surface area (Å²) in [5.74, 6) is 0. The van der Waals surface area contributed by atoms with Gasteiger partial charge in [0.15, 0.2) is 0 Å². The molecule has 0 aliphatic rings. The van der Waals surface area contributed by atoms with Crippen LogP contribution in [0.25, 0.3) is 23.1 Å². The number of aromatic nitrogens is 1. The van der Waals surface area contributed by atoms with E-state index in [1.807, 2.05) is 55.5 Å². The zero-order valence-electron chi connectivity index (χ0n) is 12.1. The molecule has 1 heterocycles. The van der Waals surface area contributed by atoms with Crippen LogP contribution in [0.5, 0.6) is 0 Å². The number of aryl methyl sites for hydroxylation is 1. The smallest absolute Gasteiger partial charge is 0.258 e. The molecule has 0 unspecified atom stereocenters. The molecule has 3 rings (SSSR count). The Bertz CT molecular complexity index is 885. The summed E-state index contributed by atoms with van der Waals surface area (Å²) in [7, 11) is 0. The molecule has 0 bridgehead atoms. The van der Waals surface area contributed by atoms with Crippen LogP contribution in [-0.2, 0) is 0 Å². The van der Waals surface area contributed by atoms with E-state index in [-0.39, 0.29) is 5.69 Å². The second kappa shape index (κ2) is 5.77. The highest BCUT2D eigenvalue weighted by molar-refractivity contribution is 5.88. The van der Waals surface area contributed by atoms with E-state index in [0.717, 1.165) is 10.9 Å². The Morgan fingerprint density at radius 3 is 2.64 bits per heavy atom. The number of hydrogen-bond acceptors (Lipinski definition) is 3. The van der Waals surface area contributed by atoms with Crippen LogP contribution in [0.1, 0.15) is 16.8 Å². The standard InChI is InChI=1S/C18H14N2O2/c1-13-4-2-5-14(12-13)8-10-16-11-9-15-6-3-7-17(20(21)22)18(15)19-16/h2-12H,1H3. The van der Waals surface area contributed by atoms with Crippen LogP contribution in [0.3, 0.4) is 0 Å². The molecule has 0 saturated heterocycles. The molecule has 1 aromatic heterocycles. The first kappa shape index (κ1) is 13.9. The van der Waals surface area contributed by atoms with Gasteiger partial charge in [0.1, 0.15) is 5.52 Å². The monoisotopic (exact) mass is 290 g/mol. The Balaban J connectivity index is 2.01. The number of fused-ring (bicyclic) bond motifs is 1. The summed E-state index contributed by atoms with van der Waals surface area (Å²) >= 11 is 0. The lowest BCUT2D eigenvalue weighted by atomic mass is 10.1. The Morgan fingerprint density at radius 1 is 1.05 bits per heavy atom. The van der Waals surface area contributed by atoms with Gasteiger partial charge in [-0.2, -0.15) is 0 Å². The van der Waals surface area contributed by atoms with Crippen molar-refractivity contribution in [3.05, 3.63) is 81.5 Å². The number of para-hydroxylation sites is 1. The highest BCUT2D eigenvalue weighted by Crippen LogP contribution is 2.24. The number of non-ortho nitro benzene ring substituents is 1. The van der Waals surface area contributed by atoms with Crippen LogP contribution < -0.4 is 0 Å². The van der Waals surface area contributed by atoms with Gasteiger partial charge in [-0.25, -0.2) is 4.98 Å². The predicted molar refractivity (Wildman–Crippen MR) is 88.5 cm³/mol. The van der Waals surface area contributed by atoms with Crippen LogP contribution in [0.4, 0.5) is 5.69 Å². The molecule has 0 saturated carbocycles. The van der Waals surface area contributed by atoms with E-state index in [2.05, 4.69) is 11.1 Å². The molecule has 2 aromatic carbocycles. The first-order valence-electron chi connectivity index (χ1n) is 6.92. The number of pyridine rings is 1. The van der Waals surface area contributed by atoms with E-state index >= 15 is 0 Å². The number of benzene rings is 2. The SMILES string of the molecule is Cc1cccc(C=Cc2ccc3cccc([N+](=O)[O-])c3n2)c1. The Labute approximate surface area is 127 Å². The molecular formula is C18H14N2O2. The Morgan fingerprint density at radius 2 is 1.86 bits per heavy atom. The number of nitro groups is 1. The number of nitro benzene ring substituents is 1. The molecule has 22 heavy (non-hydrogen) atoms. The molecule has 4 nitrogen and oxygen atoms in total. The third-order valence-electron chi connectivity index (χ3n) is 3.41. The first-order valence-corrected chi connectivity index (χ1v) is 6.92. The fraction of sp³-hybridized carbons (Fsp3) is 0.0556. The fourth-order valence-corrected chi connectivity index (χ4v) is 2.34. The maximum absolute atomic E-state index is 11.1. The zero-order valence-corrected chi connectivity index (χ0v) is 12.1. The van der Waals surface area contributed by atoms with Crippen molar-refractivity contribution in [1.82, 2.24) is 4.98 Å². The summed E-state index contributed by atoms with van der Waals surface area (Å²) in [6, 6.07) is 16.8. The highest BCUT2D eigenvalue weighted by atomic mass is 16.6. The third-order valence-corrected chi connectivity index (χ3v) is 3.41. The molecule has 0 amide bonds.